The minimum Gasteiger partial charge on any atom is -0.492 e. The Morgan fingerprint density at radius 1 is 1.00 bits per heavy atom. The molecule has 1 fully saturated rings. The molecule has 10 nitrogen and oxygen atoms in total. The summed E-state index contributed by atoms with van der Waals surface area (Å²) < 4.78 is 11.2. The van der Waals surface area contributed by atoms with Crippen LogP contribution in [0.15, 0.2) is 64.2 Å². The van der Waals surface area contributed by atoms with Gasteiger partial charge < -0.3 is 19.1 Å². The molecule has 36 heavy (non-hydrogen) atoms. The summed E-state index contributed by atoms with van der Waals surface area (Å²) in [7, 11) is 0. The monoisotopic (exact) mass is 488 g/mol. The third-order valence-corrected chi connectivity index (χ3v) is 6.23. The van der Waals surface area contributed by atoms with E-state index >= 15 is 0 Å². The lowest BCUT2D eigenvalue weighted by atomic mass is 10.1. The molecule has 5 rings (SSSR count). The first-order valence-electron chi connectivity index (χ1n) is 12.1. The van der Waals surface area contributed by atoms with Gasteiger partial charge in [-0.2, -0.15) is 10.1 Å². The number of hydrogen-bond donors (Lipinski definition) is 0. The van der Waals surface area contributed by atoms with Crippen LogP contribution in [0.2, 0.25) is 0 Å². The van der Waals surface area contributed by atoms with Crippen LogP contribution in [-0.4, -0.2) is 76.9 Å². The zero-order valence-corrected chi connectivity index (χ0v) is 20.2. The number of carbonyl (C=O) groups excluding carboxylic acids is 2. The summed E-state index contributed by atoms with van der Waals surface area (Å²) in [6, 6.07) is 17.4. The number of carbonyl (C=O) groups is 2. The van der Waals surface area contributed by atoms with Crippen LogP contribution in [0.1, 0.15) is 25.7 Å². The summed E-state index contributed by atoms with van der Waals surface area (Å²) >= 11 is 0. The Morgan fingerprint density at radius 2 is 1.75 bits per heavy atom. The van der Waals surface area contributed by atoms with Crippen LogP contribution >= 0.6 is 0 Å². The van der Waals surface area contributed by atoms with Gasteiger partial charge in [0.05, 0.1) is 12.3 Å². The maximum atomic E-state index is 13.0. The molecule has 0 spiro atoms. The predicted octanol–water partition coefficient (Wildman–Crippen LogP) is 2.81. The molecule has 0 aliphatic carbocycles. The highest BCUT2D eigenvalue weighted by Crippen LogP contribution is 2.29. The van der Waals surface area contributed by atoms with Crippen molar-refractivity contribution in [2.75, 3.05) is 44.2 Å². The van der Waals surface area contributed by atoms with E-state index in [1.807, 2.05) is 61.5 Å². The number of aromatic nitrogens is 2. The fourth-order valence-electron chi connectivity index (χ4n) is 4.35. The van der Waals surface area contributed by atoms with E-state index in [0.29, 0.717) is 50.7 Å². The average molecular weight is 489 g/mol. The largest absolute Gasteiger partial charge is 0.492 e. The zero-order chi connectivity index (χ0) is 24.9. The lowest BCUT2D eigenvalue weighted by molar-refractivity contribution is -0.141. The third kappa shape index (κ3) is 5.07. The number of nitrogens with zero attached hydrogens (tertiary/aromatic N) is 6. The van der Waals surface area contributed by atoms with Crippen LogP contribution in [0.4, 0.5) is 5.69 Å². The van der Waals surface area contributed by atoms with Crippen molar-refractivity contribution in [1.82, 2.24) is 20.0 Å². The second kappa shape index (κ2) is 10.6. The molecule has 0 bridgehead atoms. The van der Waals surface area contributed by atoms with Crippen LogP contribution < -0.4 is 9.64 Å². The molecule has 1 saturated heterocycles. The zero-order valence-electron chi connectivity index (χ0n) is 20.2. The molecular weight excluding hydrogens is 460 g/mol. The molecule has 3 aromatic rings. The second-order valence-electron chi connectivity index (χ2n) is 8.56. The van der Waals surface area contributed by atoms with E-state index in [-0.39, 0.29) is 30.7 Å². The lowest BCUT2D eigenvalue weighted by Crippen LogP contribution is -2.51. The van der Waals surface area contributed by atoms with E-state index in [2.05, 4.69) is 20.1 Å². The molecule has 2 aliphatic heterocycles. The van der Waals surface area contributed by atoms with Crippen LogP contribution in [0.3, 0.4) is 0 Å². The van der Waals surface area contributed by atoms with Gasteiger partial charge in [0.25, 0.3) is 5.89 Å². The first kappa shape index (κ1) is 23.5. The number of ether oxygens (including phenoxy) is 1. The van der Waals surface area contributed by atoms with Crippen molar-refractivity contribution in [2.24, 2.45) is 5.10 Å². The Kier molecular flexibility index (Phi) is 6.92. The summed E-state index contributed by atoms with van der Waals surface area (Å²) in [5.41, 5.74) is 2.37. The number of hydrogen-bond acceptors (Lipinski definition) is 8. The van der Waals surface area contributed by atoms with Crippen LogP contribution in [-0.2, 0) is 9.59 Å². The maximum absolute atomic E-state index is 13.0. The molecule has 10 heteroatoms. The summed E-state index contributed by atoms with van der Waals surface area (Å²) in [4.78, 5) is 34.0. The fraction of sp³-hybridized carbons (Fsp3) is 0.346. The fourth-order valence-corrected chi connectivity index (χ4v) is 4.35. The summed E-state index contributed by atoms with van der Waals surface area (Å²) in [5.74, 6) is 1.23. The number of amides is 2. The van der Waals surface area contributed by atoms with Crippen LogP contribution in [0.5, 0.6) is 5.75 Å². The van der Waals surface area contributed by atoms with E-state index in [4.69, 9.17) is 9.26 Å². The molecule has 0 atom stereocenters. The Morgan fingerprint density at radius 3 is 2.53 bits per heavy atom. The van der Waals surface area contributed by atoms with Gasteiger partial charge in [0.15, 0.2) is 0 Å². The number of hydrazone groups is 1. The number of para-hydroxylation sites is 2. The van der Waals surface area contributed by atoms with Crippen molar-refractivity contribution >= 4 is 23.2 Å². The van der Waals surface area contributed by atoms with Gasteiger partial charge in [-0.25, -0.2) is 5.01 Å². The van der Waals surface area contributed by atoms with Crippen LogP contribution in [0, 0.1) is 0 Å². The first-order chi connectivity index (χ1) is 17.6. The standard InChI is InChI=1S/C26H28N6O4/c1-2-35-22-11-7-6-10-21(22)30-14-16-31(17-15-30)24(34)18-32-23(33)13-12-20(28-32)26-27-25(29-36-26)19-8-4-3-5-9-19/h3-11H,2,12-18H2,1H3. The molecule has 2 aliphatic rings. The van der Waals surface area contributed by atoms with Gasteiger partial charge in [-0.3, -0.25) is 9.59 Å². The van der Waals surface area contributed by atoms with Gasteiger partial charge in [-0.05, 0) is 19.1 Å². The van der Waals surface area contributed by atoms with Gasteiger partial charge in [0, 0.05) is 44.6 Å². The van der Waals surface area contributed by atoms with Gasteiger partial charge in [0.1, 0.15) is 18.0 Å². The van der Waals surface area contributed by atoms with Gasteiger partial charge in [-0.1, -0.05) is 47.6 Å². The second-order valence-corrected chi connectivity index (χ2v) is 8.56. The quantitative estimate of drug-likeness (QED) is 0.504. The van der Waals surface area contributed by atoms with E-state index in [1.54, 1.807) is 4.90 Å². The molecule has 2 amide bonds. The molecule has 3 heterocycles. The van der Waals surface area contributed by atoms with Crippen LogP contribution in [0.25, 0.3) is 11.4 Å². The summed E-state index contributed by atoms with van der Waals surface area (Å²) in [6.45, 7) is 4.93. The number of benzene rings is 2. The highest BCUT2D eigenvalue weighted by atomic mass is 16.5. The Labute approximate surface area is 209 Å². The number of rotatable bonds is 7. The molecular formula is C26H28N6O4. The minimum atomic E-state index is -0.195. The molecule has 186 valence electrons. The van der Waals surface area contributed by atoms with Crippen molar-refractivity contribution in [3.05, 3.63) is 60.5 Å². The SMILES string of the molecule is CCOc1ccccc1N1CCN(C(=O)CN2N=C(c3nc(-c4ccccc4)no3)CCC2=O)CC1. The number of piperazine rings is 1. The van der Waals surface area contributed by atoms with Gasteiger partial charge in [0.2, 0.25) is 17.6 Å². The maximum Gasteiger partial charge on any atom is 0.274 e. The predicted molar refractivity (Wildman–Crippen MR) is 134 cm³/mol. The van der Waals surface area contributed by atoms with Crippen molar-refractivity contribution < 1.29 is 18.8 Å². The minimum absolute atomic E-state index is 0.114. The lowest BCUT2D eigenvalue weighted by Gasteiger charge is -2.37. The van der Waals surface area contributed by atoms with Gasteiger partial charge >= 0.3 is 0 Å². The average Bonchev–Trinajstić information content (AvgIpc) is 3.42. The van der Waals surface area contributed by atoms with Crippen molar-refractivity contribution in [1.29, 1.82) is 0 Å². The summed E-state index contributed by atoms with van der Waals surface area (Å²) in [6.07, 6.45) is 0.620. The van der Waals surface area contributed by atoms with Crippen molar-refractivity contribution in [3.8, 4) is 17.1 Å². The van der Waals surface area contributed by atoms with E-state index < -0.39 is 0 Å². The topological polar surface area (TPSA) is 104 Å². The molecule has 0 radical (unpaired) electrons. The van der Waals surface area contributed by atoms with Gasteiger partial charge in [-0.15, -0.1) is 0 Å². The molecule has 0 N–H and O–H groups in total. The molecule has 0 unspecified atom stereocenters. The number of anilines is 1. The first-order valence-corrected chi connectivity index (χ1v) is 12.1. The van der Waals surface area contributed by atoms with Crippen molar-refractivity contribution in [3.63, 3.8) is 0 Å². The van der Waals surface area contributed by atoms with E-state index in [1.165, 1.54) is 5.01 Å². The molecule has 1 aromatic heterocycles. The Balaban J connectivity index is 1.22. The highest BCUT2D eigenvalue weighted by Gasteiger charge is 2.29. The van der Waals surface area contributed by atoms with Crippen molar-refractivity contribution in [2.45, 2.75) is 19.8 Å². The smallest absolute Gasteiger partial charge is 0.274 e. The third-order valence-electron chi connectivity index (χ3n) is 6.23. The normalized spacial score (nSPS) is 16.2. The molecule has 2 aromatic carbocycles. The van der Waals surface area contributed by atoms with E-state index in [9.17, 15) is 9.59 Å². The Bertz CT molecular complexity index is 1250. The van der Waals surface area contributed by atoms with E-state index in [0.717, 1.165) is 17.0 Å². The Hall–Kier alpha value is -4.21. The highest BCUT2D eigenvalue weighted by molar-refractivity contribution is 6.01. The summed E-state index contributed by atoms with van der Waals surface area (Å²) in [5, 5.41) is 9.66. The molecule has 0 saturated carbocycles.